The number of benzene rings is 5. The maximum absolute atomic E-state index is 4.99. The number of fused-ring (bicyclic) bond motifs is 8. The van der Waals surface area contributed by atoms with Crippen LogP contribution in [-0.2, 0) is 25.7 Å². The molecule has 0 bridgehead atoms. The highest BCUT2D eigenvalue weighted by molar-refractivity contribution is 6.14. The van der Waals surface area contributed by atoms with Crippen LogP contribution in [0.1, 0.15) is 50.4 Å². The zero-order valence-electron chi connectivity index (χ0n) is 31.6. The molecule has 4 heterocycles. The first-order valence-corrected chi connectivity index (χ1v) is 20.1. The third-order valence-electron chi connectivity index (χ3n) is 13.1. The summed E-state index contributed by atoms with van der Waals surface area (Å²) in [7, 11) is 0. The fraction of sp³-hybridized carbons (Fsp3) is 0.154. The fourth-order valence-corrected chi connectivity index (χ4v) is 10.7. The van der Waals surface area contributed by atoms with E-state index >= 15 is 0 Å². The van der Waals surface area contributed by atoms with Crippen LogP contribution in [0.2, 0.25) is 0 Å². The fourth-order valence-electron chi connectivity index (χ4n) is 10.7. The Morgan fingerprint density at radius 2 is 1.29 bits per heavy atom. The van der Waals surface area contributed by atoms with Crippen molar-refractivity contribution in [1.82, 2.24) is 14.5 Å². The van der Waals surface area contributed by atoms with E-state index in [4.69, 9.17) is 9.97 Å². The van der Waals surface area contributed by atoms with Crippen LogP contribution in [0.5, 0.6) is 0 Å². The summed E-state index contributed by atoms with van der Waals surface area (Å²) in [6.07, 6.45) is 15.2. The van der Waals surface area contributed by atoms with Crippen LogP contribution in [0.3, 0.4) is 0 Å². The number of pyridine rings is 2. The molecule has 56 heavy (non-hydrogen) atoms. The summed E-state index contributed by atoms with van der Waals surface area (Å²) in [6.45, 7) is 4.43. The van der Waals surface area contributed by atoms with Gasteiger partial charge in [0, 0.05) is 29.1 Å². The minimum absolute atomic E-state index is 0.172. The van der Waals surface area contributed by atoms with E-state index in [0.29, 0.717) is 0 Å². The predicted octanol–water partition coefficient (Wildman–Crippen LogP) is 12.0. The van der Waals surface area contributed by atoms with Gasteiger partial charge in [0.1, 0.15) is 11.6 Å². The Kier molecular flexibility index (Phi) is 6.81. The van der Waals surface area contributed by atoms with E-state index in [-0.39, 0.29) is 12.0 Å². The third kappa shape index (κ3) is 4.47. The molecule has 1 aliphatic heterocycles. The first-order chi connectivity index (χ1) is 27.6. The molecule has 0 saturated heterocycles. The van der Waals surface area contributed by atoms with Crippen molar-refractivity contribution < 1.29 is 0 Å². The molecule has 0 amide bonds. The van der Waals surface area contributed by atoms with Gasteiger partial charge in [-0.25, -0.2) is 9.97 Å². The monoisotopic (exact) mass is 720 g/mol. The third-order valence-corrected chi connectivity index (χ3v) is 13.1. The molecule has 3 aromatic heterocycles. The summed E-state index contributed by atoms with van der Waals surface area (Å²) in [4.78, 5) is 12.5. The average molecular weight is 721 g/mol. The molecular formula is C52H40N4. The number of hydrogen-bond donors (Lipinski definition) is 0. The molecule has 2 atom stereocenters. The zero-order valence-corrected chi connectivity index (χ0v) is 31.6. The molecule has 0 N–H and O–H groups in total. The van der Waals surface area contributed by atoms with E-state index in [2.05, 4.69) is 145 Å². The Morgan fingerprint density at radius 1 is 0.607 bits per heavy atom. The van der Waals surface area contributed by atoms with Gasteiger partial charge in [0.15, 0.2) is 0 Å². The van der Waals surface area contributed by atoms with Gasteiger partial charge in [-0.05, 0) is 154 Å². The molecule has 4 heteroatoms. The highest BCUT2D eigenvalue weighted by Gasteiger charge is 2.43. The van der Waals surface area contributed by atoms with Gasteiger partial charge in [-0.3, -0.25) is 4.57 Å². The minimum atomic E-state index is 0.172. The van der Waals surface area contributed by atoms with E-state index in [1.165, 1.54) is 99.8 Å². The van der Waals surface area contributed by atoms with E-state index in [1.807, 2.05) is 24.5 Å². The van der Waals surface area contributed by atoms with Crippen molar-refractivity contribution in [3.05, 3.63) is 190 Å². The zero-order chi connectivity index (χ0) is 37.1. The maximum Gasteiger partial charge on any atom is 0.137 e. The molecular weight excluding hydrogens is 681 g/mol. The lowest BCUT2D eigenvalue weighted by molar-refractivity contribution is 0.739. The molecule has 0 fully saturated rings. The lowest BCUT2D eigenvalue weighted by Gasteiger charge is -2.34. The van der Waals surface area contributed by atoms with Gasteiger partial charge in [-0.2, -0.15) is 0 Å². The van der Waals surface area contributed by atoms with Crippen molar-refractivity contribution >= 4 is 38.9 Å². The van der Waals surface area contributed by atoms with Crippen molar-refractivity contribution in [2.24, 2.45) is 0 Å². The molecule has 12 rings (SSSR count). The number of aromatic nitrogens is 3. The molecule has 8 aromatic rings. The summed E-state index contributed by atoms with van der Waals surface area (Å²) in [5, 5.41) is 2.63. The smallest absolute Gasteiger partial charge is 0.137 e. The SMILES string of the molecule is Cc1ccccc1C1=CC2c3cc4c5c(c3N(c3ccccn3)C2C=C1)CCc1cc2c3cc(-c6ccccc6C)ccc3n(-c3ccccn3)c2c(c1-5)CC4. The second-order valence-electron chi connectivity index (χ2n) is 16.1. The van der Waals surface area contributed by atoms with Gasteiger partial charge in [0.2, 0.25) is 0 Å². The van der Waals surface area contributed by atoms with Crippen molar-refractivity contribution in [1.29, 1.82) is 0 Å². The number of aryl methyl sites for hydroxylation is 5. The highest BCUT2D eigenvalue weighted by Crippen LogP contribution is 2.57. The number of nitrogens with zero attached hydrogens (tertiary/aromatic N) is 4. The van der Waals surface area contributed by atoms with Gasteiger partial charge < -0.3 is 4.90 Å². The van der Waals surface area contributed by atoms with Gasteiger partial charge in [-0.1, -0.05) is 91.0 Å². The lowest BCUT2D eigenvalue weighted by atomic mass is 9.72. The lowest BCUT2D eigenvalue weighted by Crippen LogP contribution is -2.30. The molecule has 3 aliphatic carbocycles. The molecule has 0 saturated carbocycles. The van der Waals surface area contributed by atoms with Gasteiger partial charge >= 0.3 is 0 Å². The Hall–Kier alpha value is -6.52. The Balaban J connectivity index is 1.11. The molecule has 2 unspecified atom stereocenters. The van der Waals surface area contributed by atoms with Crippen LogP contribution < -0.4 is 4.90 Å². The summed E-state index contributed by atoms with van der Waals surface area (Å²) in [5.74, 6) is 2.23. The van der Waals surface area contributed by atoms with Crippen LogP contribution in [0.4, 0.5) is 11.5 Å². The van der Waals surface area contributed by atoms with Crippen LogP contribution in [0, 0.1) is 13.8 Å². The van der Waals surface area contributed by atoms with E-state index in [0.717, 1.165) is 37.3 Å². The van der Waals surface area contributed by atoms with Crippen LogP contribution >= 0.6 is 0 Å². The van der Waals surface area contributed by atoms with Crippen molar-refractivity contribution in [3.63, 3.8) is 0 Å². The highest BCUT2D eigenvalue weighted by atomic mass is 15.2. The number of anilines is 2. The summed E-state index contributed by atoms with van der Waals surface area (Å²) in [6, 6.07) is 42.5. The van der Waals surface area contributed by atoms with Gasteiger partial charge in [-0.15, -0.1) is 0 Å². The standard InChI is InChI=1S/C52H40N4/c1-31-11-3-5-13-37(31)33-19-23-45-41(27-33)43-29-35-17-22-40-50-36(18-21-39(49(35)50)51(43)55(45)47-15-7-9-25-53-47)30-44-42-28-34(38-14-6-4-12-32(38)2)20-24-46(42)56(52(40)44)48-16-8-10-26-54-48/h3-16,19-20,23-30,41,45H,17-18,21-22H2,1-2H3. The molecule has 0 spiro atoms. The molecule has 0 radical (unpaired) electrons. The van der Waals surface area contributed by atoms with Crippen LogP contribution in [0.15, 0.2) is 146 Å². The Morgan fingerprint density at radius 3 is 2.04 bits per heavy atom. The van der Waals surface area contributed by atoms with Crippen LogP contribution in [-0.4, -0.2) is 20.6 Å². The van der Waals surface area contributed by atoms with E-state index in [9.17, 15) is 0 Å². The molecule has 268 valence electrons. The summed E-state index contributed by atoms with van der Waals surface area (Å²) < 4.78 is 2.45. The first kappa shape index (κ1) is 31.8. The van der Waals surface area contributed by atoms with Crippen molar-refractivity contribution in [2.75, 3.05) is 4.90 Å². The molecule has 5 aromatic carbocycles. The Labute approximate surface area is 327 Å². The van der Waals surface area contributed by atoms with Gasteiger partial charge in [0.05, 0.1) is 22.8 Å². The molecule has 4 aliphatic rings. The number of hydrogen-bond acceptors (Lipinski definition) is 3. The van der Waals surface area contributed by atoms with Crippen molar-refractivity contribution in [3.8, 4) is 28.1 Å². The predicted molar refractivity (Wildman–Crippen MR) is 230 cm³/mol. The van der Waals surface area contributed by atoms with Crippen LogP contribution in [0.25, 0.3) is 55.5 Å². The first-order valence-electron chi connectivity index (χ1n) is 20.1. The normalized spacial score (nSPS) is 17.5. The topological polar surface area (TPSA) is 34.0 Å². The maximum atomic E-state index is 4.99. The second-order valence-corrected chi connectivity index (χ2v) is 16.1. The Bertz CT molecular complexity index is 3000. The molecule has 4 nitrogen and oxygen atoms in total. The van der Waals surface area contributed by atoms with E-state index < -0.39 is 0 Å². The summed E-state index contributed by atoms with van der Waals surface area (Å²) >= 11 is 0. The van der Waals surface area contributed by atoms with E-state index in [1.54, 1.807) is 0 Å². The minimum Gasteiger partial charge on any atom is -0.318 e. The average Bonchev–Trinajstić information content (AvgIpc) is 3.75. The second kappa shape index (κ2) is 12.0. The van der Waals surface area contributed by atoms with Crippen molar-refractivity contribution in [2.45, 2.75) is 51.5 Å². The quantitative estimate of drug-likeness (QED) is 0.182. The summed E-state index contributed by atoms with van der Waals surface area (Å²) in [5.41, 5.74) is 22.0. The number of allylic oxidation sites excluding steroid dienone is 2. The largest absolute Gasteiger partial charge is 0.318 e. The van der Waals surface area contributed by atoms with Gasteiger partial charge in [0.25, 0.3) is 0 Å². The number of rotatable bonds is 4.